The molecule has 0 bridgehead atoms. The van der Waals surface area contributed by atoms with Crippen LogP contribution in [0.5, 0.6) is 0 Å². The Bertz CT molecular complexity index is 672. The van der Waals surface area contributed by atoms with Gasteiger partial charge in [0.15, 0.2) is 0 Å². The zero-order chi connectivity index (χ0) is 15.2. The smallest absolute Gasteiger partial charge is 0.305 e. The summed E-state index contributed by atoms with van der Waals surface area (Å²) in [5.74, 6) is -0.220. The molecule has 1 aromatic carbocycles. The summed E-state index contributed by atoms with van der Waals surface area (Å²) < 4.78 is 4.85. The van der Waals surface area contributed by atoms with Gasteiger partial charge in [0.1, 0.15) is 0 Å². The minimum Gasteiger partial charge on any atom is -0.466 e. The van der Waals surface area contributed by atoms with E-state index in [0.29, 0.717) is 36.9 Å². The molecule has 7 nitrogen and oxygen atoms in total. The first kappa shape index (κ1) is 14.8. The molecule has 110 valence electrons. The maximum Gasteiger partial charge on any atom is 0.305 e. The first-order chi connectivity index (χ1) is 10.1. The van der Waals surface area contributed by atoms with Gasteiger partial charge in [-0.2, -0.15) is 0 Å². The number of fused-ring (bicyclic) bond motifs is 1. The van der Waals surface area contributed by atoms with Crippen molar-refractivity contribution in [3.63, 3.8) is 0 Å². The zero-order valence-corrected chi connectivity index (χ0v) is 11.6. The van der Waals surface area contributed by atoms with Gasteiger partial charge in [0.2, 0.25) is 0 Å². The van der Waals surface area contributed by atoms with E-state index in [2.05, 4.69) is 9.97 Å². The van der Waals surface area contributed by atoms with E-state index in [1.807, 2.05) is 0 Å². The molecule has 0 aliphatic heterocycles. The second kappa shape index (κ2) is 6.74. The molecule has 0 saturated heterocycles. The van der Waals surface area contributed by atoms with Gasteiger partial charge in [0.25, 0.3) is 5.69 Å². The number of aromatic nitrogens is 2. The molecule has 0 unspecified atom stereocenters. The van der Waals surface area contributed by atoms with E-state index in [-0.39, 0.29) is 11.7 Å². The topological polar surface area (TPSA) is 95.2 Å². The van der Waals surface area contributed by atoms with Crippen molar-refractivity contribution in [1.29, 1.82) is 0 Å². The first-order valence-corrected chi connectivity index (χ1v) is 6.66. The molecule has 1 aromatic heterocycles. The average Bonchev–Trinajstić information content (AvgIpc) is 2.46. The highest BCUT2D eigenvalue weighted by molar-refractivity contribution is 5.76. The highest BCUT2D eigenvalue weighted by Gasteiger charge is 2.08. The van der Waals surface area contributed by atoms with E-state index in [4.69, 9.17) is 4.74 Å². The van der Waals surface area contributed by atoms with Crippen LogP contribution in [0, 0.1) is 10.1 Å². The van der Waals surface area contributed by atoms with Gasteiger partial charge < -0.3 is 4.74 Å². The van der Waals surface area contributed by atoms with Gasteiger partial charge in [0.05, 0.1) is 28.3 Å². The summed E-state index contributed by atoms with van der Waals surface area (Å²) >= 11 is 0. The summed E-state index contributed by atoms with van der Waals surface area (Å²) in [6.45, 7) is 2.15. The van der Waals surface area contributed by atoms with E-state index in [9.17, 15) is 14.9 Å². The second-order valence-electron chi connectivity index (χ2n) is 4.45. The molecule has 2 aromatic rings. The van der Waals surface area contributed by atoms with Gasteiger partial charge in [-0.1, -0.05) is 0 Å². The Kier molecular flexibility index (Phi) is 4.76. The lowest BCUT2D eigenvalue weighted by Crippen LogP contribution is -2.04. The molecule has 0 N–H and O–H groups in total. The summed E-state index contributed by atoms with van der Waals surface area (Å²) in [5, 5.41) is 10.7. The molecule has 1 heterocycles. The molecular weight excluding hydrogens is 274 g/mol. The fraction of sp³-hybridized carbons (Fsp3) is 0.357. The highest BCUT2D eigenvalue weighted by atomic mass is 16.6. The van der Waals surface area contributed by atoms with E-state index in [0.717, 1.165) is 5.69 Å². The molecule has 0 atom stereocenters. The van der Waals surface area contributed by atoms with Crippen LogP contribution in [-0.4, -0.2) is 27.5 Å². The van der Waals surface area contributed by atoms with Crippen molar-refractivity contribution in [1.82, 2.24) is 9.97 Å². The predicted octanol–water partition coefficient (Wildman–Crippen LogP) is 2.42. The van der Waals surface area contributed by atoms with Gasteiger partial charge in [-0.05, 0) is 25.8 Å². The molecule has 0 radical (unpaired) electrons. The minimum absolute atomic E-state index is 0.00754. The molecule has 0 aliphatic carbocycles. The van der Waals surface area contributed by atoms with E-state index < -0.39 is 4.92 Å². The third-order valence-electron chi connectivity index (χ3n) is 2.91. The SMILES string of the molecule is CCOC(=O)CCCc1cnc2cc([N+](=O)[O-])ccc2n1. The molecule has 0 aliphatic rings. The maximum absolute atomic E-state index is 11.2. The number of hydrogen-bond acceptors (Lipinski definition) is 6. The lowest BCUT2D eigenvalue weighted by molar-refractivity contribution is -0.384. The number of esters is 1. The minimum atomic E-state index is -0.464. The highest BCUT2D eigenvalue weighted by Crippen LogP contribution is 2.18. The Morgan fingerprint density at radius 2 is 2.19 bits per heavy atom. The number of benzene rings is 1. The predicted molar refractivity (Wildman–Crippen MR) is 75.8 cm³/mol. The normalized spacial score (nSPS) is 10.5. The van der Waals surface area contributed by atoms with Crippen LogP contribution in [0.3, 0.4) is 0 Å². The quantitative estimate of drug-likeness (QED) is 0.460. The number of non-ortho nitro benzene ring substituents is 1. The number of rotatable bonds is 6. The Morgan fingerprint density at radius 1 is 1.38 bits per heavy atom. The molecule has 0 spiro atoms. The molecule has 2 rings (SSSR count). The Balaban J connectivity index is 2.04. The van der Waals surface area contributed by atoms with Crippen molar-refractivity contribution < 1.29 is 14.5 Å². The Hall–Kier alpha value is -2.57. The standard InChI is InChI=1S/C14H15N3O4/c1-2-21-14(18)5-3-4-10-9-15-13-8-11(17(19)20)6-7-12(13)16-10/h6-9H,2-5H2,1H3. The fourth-order valence-electron chi connectivity index (χ4n) is 1.92. The van der Waals surface area contributed by atoms with Crippen LogP contribution >= 0.6 is 0 Å². The second-order valence-corrected chi connectivity index (χ2v) is 4.45. The van der Waals surface area contributed by atoms with Crippen molar-refractivity contribution in [2.24, 2.45) is 0 Å². The lowest BCUT2D eigenvalue weighted by atomic mass is 10.2. The summed E-state index contributed by atoms with van der Waals surface area (Å²) in [4.78, 5) is 30.0. The number of nitrogens with zero attached hydrogens (tertiary/aromatic N) is 3. The van der Waals surface area contributed by atoms with Gasteiger partial charge in [-0.25, -0.2) is 4.98 Å². The molecular formula is C14H15N3O4. The molecule has 0 saturated carbocycles. The summed E-state index contributed by atoms with van der Waals surface area (Å²) in [6, 6.07) is 4.37. The number of aryl methyl sites for hydroxylation is 1. The summed E-state index contributed by atoms with van der Waals surface area (Å²) in [7, 11) is 0. The molecule has 21 heavy (non-hydrogen) atoms. The van der Waals surface area contributed by atoms with Crippen LogP contribution in [0.2, 0.25) is 0 Å². The Morgan fingerprint density at radius 3 is 2.90 bits per heavy atom. The van der Waals surface area contributed by atoms with Crippen molar-refractivity contribution >= 4 is 22.7 Å². The van der Waals surface area contributed by atoms with E-state index in [1.165, 1.54) is 12.1 Å². The summed E-state index contributed by atoms with van der Waals surface area (Å²) in [6.07, 6.45) is 3.16. The third-order valence-corrected chi connectivity index (χ3v) is 2.91. The third kappa shape index (κ3) is 3.95. The molecule has 7 heteroatoms. The largest absolute Gasteiger partial charge is 0.466 e. The van der Waals surface area contributed by atoms with Crippen LogP contribution in [0.1, 0.15) is 25.5 Å². The van der Waals surface area contributed by atoms with Crippen molar-refractivity contribution in [3.8, 4) is 0 Å². The number of ether oxygens (including phenoxy) is 1. The van der Waals surface area contributed by atoms with Crippen molar-refractivity contribution in [2.75, 3.05) is 6.61 Å². The van der Waals surface area contributed by atoms with Gasteiger partial charge in [-0.3, -0.25) is 19.9 Å². The lowest BCUT2D eigenvalue weighted by Gasteiger charge is -2.03. The average molecular weight is 289 g/mol. The van der Waals surface area contributed by atoms with Crippen LogP contribution < -0.4 is 0 Å². The van der Waals surface area contributed by atoms with Gasteiger partial charge >= 0.3 is 5.97 Å². The monoisotopic (exact) mass is 289 g/mol. The van der Waals surface area contributed by atoms with Gasteiger partial charge in [0, 0.05) is 24.8 Å². The van der Waals surface area contributed by atoms with Gasteiger partial charge in [-0.15, -0.1) is 0 Å². The first-order valence-electron chi connectivity index (χ1n) is 6.66. The number of hydrogen-bond donors (Lipinski definition) is 0. The maximum atomic E-state index is 11.2. The number of carbonyl (C=O) groups excluding carboxylic acids is 1. The summed E-state index contributed by atoms with van der Waals surface area (Å²) in [5.41, 5.74) is 1.83. The van der Waals surface area contributed by atoms with Crippen molar-refractivity contribution in [2.45, 2.75) is 26.2 Å². The van der Waals surface area contributed by atoms with Crippen LogP contribution in [0.15, 0.2) is 24.4 Å². The van der Waals surface area contributed by atoms with E-state index >= 15 is 0 Å². The van der Waals surface area contributed by atoms with E-state index in [1.54, 1.807) is 19.2 Å². The molecule has 0 fully saturated rings. The van der Waals surface area contributed by atoms with Crippen molar-refractivity contribution in [3.05, 3.63) is 40.2 Å². The molecule has 0 amide bonds. The van der Waals surface area contributed by atoms with Crippen LogP contribution in [0.4, 0.5) is 5.69 Å². The zero-order valence-electron chi connectivity index (χ0n) is 11.6. The van der Waals surface area contributed by atoms with Crippen LogP contribution in [0.25, 0.3) is 11.0 Å². The number of nitro benzene ring substituents is 1. The number of carbonyl (C=O) groups is 1. The fourth-order valence-corrected chi connectivity index (χ4v) is 1.92. The Labute approximate surface area is 121 Å². The van der Waals surface area contributed by atoms with Crippen LogP contribution in [-0.2, 0) is 16.0 Å². The number of nitro groups is 1.